The third kappa shape index (κ3) is 4.02. The van der Waals surface area contributed by atoms with E-state index in [2.05, 4.69) is 10.3 Å². The summed E-state index contributed by atoms with van der Waals surface area (Å²) in [6.45, 7) is 4.65. The number of morpholine rings is 1. The monoisotopic (exact) mass is 407 g/mol. The Hall–Kier alpha value is -2.07. The second kappa shape index (κ2) is 8.52. The highest BCUT2D eigenvalue weighted by atomic mass is 32.1. The number of nitrogens with one attached hydrogen (secondary N) is 1. The second-order valence-electron chi connectivity index (χ2n) is 7.01. The Labute approximate surface area is 167 Å². The number of ether oxygens (including phenoxy) is 2. The highest BCUT2D eigenvalue weighted by molar-refractivity contribution is 7.20. The molecule has 0 bridgehead atoms. The van der Waals surface area contributed by atoms with Gasteiger partial charge in [0.2, 0.25) is 0 Å². The number of aliphatic hydroxyl groups is 1. The van der Waals surface area contributed by atoms with E-state index in [0.717, 1.165) is 15.8 Å². The Bertz CT molecular complexity index is 866. The molecular formula is C19H25N3O5S. The summed E-state index contributed by atoms with van der Waals surface area (Å²) in [6, 6.07) is 3.72. The highest BCUT2D eigenvalue weighted by Crippen LogP contribution is 2.37. The molecule has 152 valence electrons. The van der Waals surface area contributed by atoms with Crippen LogP contribution in [-0.4, -0.2) is 72.4 Å². The summed E-state index contributed by atoms with van der Waals surface area (Å²) in [6.07, 6.45) is 1.23. The number of thiophene rings is 1. The predicted octanol–water partition coefficient (Wildman–Crippen LogP) is 1.34. The van der Waals surface area contributed by atoms with Gasteiger partial charge in [0.25, 0.3) is 11.8 Å². The summed E-state index contributed by atoms with van der Waals surface area (Å²) in [5.74, 6) is -0.399. The zero-order valence-electron chi connectivity index (χ0n) is 16.2. The van der Waals surface area contributed by atoms with E-state index in [9.17, 15) is 9.59 Å². The van der Waals surface area contributed by atoms with Gasteiger partial charge in [0.15, 0.2) is 0 Å². The minimum Gasteiger partial charge on any atom is -0.395 e. The summed E-state index contributed by atoms with van der Waals surface area (Å²) in [7, 11) is 1.51. The summed E-state index contributed by atoms with van der Waals surface area (Å²) in [5, 5.41) is 12.5. The summed E-state index contributed by atoms with van der Waals surface area (Å²) in [4.78, 5) is 32.8. The van der Waals surface area contributed by atoms with Crippen molar-refractivity contribution in [1.29, 1.82) is 0 Å². The SMILES string of the molecule is COC(C)(C)C(=O)N1CCO[C@H](c2c(C(=O)NCCO)sc3ncccc23)C1. The molecule has 1 saturated heterocycles. The van der Waals surface area contributed by atoms with Crippen LogP contribution in [-0.2, 0) is 14.3 Å². The molecule has 9 heteroatoms. The topological polar surface area (TPSA) is 101 Å². The smallest absolute Gasteiger partial charge is 0.261 e. The zero-order chi connectivity index (χ0) is 20.3. The van der Waals surface area contributed by atoms with E-state index >= 15 is 0 Å². The van der Waals surface area contributed by atoms with Gasteiger partial charge in [0, 0.05) is 37.3 Å². The number of nitrogens with zero attached hydrogens (tertiary/aromatic N) is 2. The molecule has 2 amide bonds. The molecule has 0 spiro atoms. The van der Waals surface area contributed by atoms with Crippen molar-refractivity contribution in [3.8, 4) is 0 Å². The number of pyridine rings is 1. The first-order chi connectivity index (χ1) is 13.4. The number of fused-ring (bicyclic) bond motifs is 1. The Morgan fingerprint density at radius 3 is 3.00 bits per heavy atom. The van der Waals surface area contributed by atoms with Gasteiger partial charge in [0.1, 0.15) is 21.4 Å². The van der Waals surface area contributed by atoms with Gasteiger partial charge in [-0.2, -0.15) is 0 Å². The minimum absolute atomic E-state index is 0.118. The van der Waals surface area contributed by atoms with Gasteiger partial charge < -0.3 is 24.8 Å². The molecule has 0 aromatic carbocycles. The summed E-state index contributed by atoms with van der Waals surface area (Å²) in [5.41, 5.74) is -0.196. The Kier molecular flexibility index (Phi) is 6.29. The molecule has 3 heterocycles. The van der Waals surface area contributed by atoms with Gasteiger partial charge in [0.05, 0.1) is 19.8 Å². The largest absolute Gasteiger partial charge is 0.395 e. The first kappa shape index (κ1) is 20.7. The number of hydrogen-bond acceptors (Lipinski definition) is 7. The number of hydrogen-bond donors (Lipinski definition) is 2. The van der Waals surface area contributed by atoms with E-state index in [0.29, 0.717) is 24.6 Å². The predicted molar refractivity (Wildman–Crippen MR) is 105 cm³/mol. The fraction of sp³-hybridized carbons (Fsp3) is 0.526. The summed E-state index contributed by atoms with van der Waals surface area (Å²) >= 11 is 1.28. The van der Waals surface area contributed by atoms with Gasteiger partial charge in [-0.1, -0.05) is 6.07 Å². The minimum atomic E-state index is -0.929. The van der Waals surface area contributed by atoms with Crippen molar-refractivity contribution >= 4 is 33.4 Å². The van der Waals surface area contributed by atoms with Crippen LogP contribution >= 0.6 is 11.3 Å². The lowest BCUT2D eigenvalue weighted by Crippen LogP contribution is -2.51. The van der Waals surface area contributed by atoms with Gasteiger partial charge in [-0.05, 0) is 19.9 Å². The normalized spacial score (nSPS) is 17.7. The molecule has 1 atom stereocenters. The lowest BCUT2D eigenvalue weighted by atomic mass is 10.0. The van der Waals surface area contributed by atoms with Crippen molar-refractivity contribution in [3.63, 3.8) is 0 Å². The third-order valence-corrected chi connectivity index (χ3v) is 5.94. The van der Waals surface area contributed by atoms with E-state index in [1.54, 1.807) is 24.9 Å². The maximum atomic E-state index is 12.8. The Balaban J connectivity index is 1.95. The molecule has 8 nitrogen and oxygen atoms in total. The molecule has 2 N–H and O–H groups in total. The fourth-order valence-corrected chi connectivity index (χ4v) is 4.28. The van der Waals surface area contributed by atoms with Gasteiger partial charge in [-0.15, -0.1) is 11.3 Å². The number of carbonyl (C=O) groups excluding carboxylic acids is 2. The lowest BCUT2D eigenvalue weighted by Gasteiger charge is -2.37. The quantitative estimate of drug-likeness (QED) is 0.750. The fourth-order valence-electron chi connectivity index (χ4n) is 3.17. The average molecular weight is 407 g/mol. The van der Waals surface area contributed by atoms with Crippen molar-refractivity contribution in [2.24, 2.45) is 0 Å². The third-order valence-electron chi connectivity index (χ3n) is 4.81. The number of carbonyl (C=O) groups is 2. The lowest BCUT2D eigenvalue weighted by molar-refractivity contribution is -0.158. The molecule has 2 aromatic rings. The average Bonchev–Trinajstić information content (AvgIpc) is 3.11. The molecule has 3 rings (SSSR count). The van der Waals surface area contributed by atoms with Crippen molar-refractivity contribution in [2.45, 2.75) is 25.6 Å². The van der Waals surface area contributed by atoms with E-state index in [-0.39, 0.29) is 25.0 Å². The molecule has 1 aliphatic heterocycles. The van der Waals surface area contributed by atoms with Crippen molar-refractivity contribution in [3.05, 3.63) is 28.8 Å². The molecular weight excluding hydrogens is 382 g/mol. The number of aliphatic hydroxyl groups excluding tert-OH is 1. The molecule has 0 unspecified atom stereocenters. The molecule has 1 aliphatic rings. The van der Waals surface area contributed by atoms with Crippen molar-refractivity contribution in [1.82, 2.24) is 15.2 Å². The van der Waals surface area contributed by atoms with Crippen LogP contribution in [0.2, 0.25) is 0 Å². The van der Waals surface area contributed by atoms with Crippen LogP contribution in [0, 0.1) is 0 Å². The van der Waals surface area contributed by atoms with E-state index in [1.807, 2.05) is 12.1 Å². The number of methoxy groups -OCH3 is 1. The van der Waals surface area contributed by atoms with Crippen LogP contribution in [0.15, 0.2) is 18.3 Å². The summed E-state index contributed by atoms with van der Waals surface area (Å²) < 4.78 is 11.3. The molecule has 2 aromatic heterocycles. The van der Waals surface area contributed by atoms with Crippen LogP contribution < -0.4 is 5.32 Å². The van der Waals surface area contributed by atoms with Crippen LogP contribution in [0.25, 0.3) is 10.2 Å². The molecule has 0 aliphatic carbocycles. The Morgan fingerprint density at radius 1 is 1.50 bits per heavy atom. The molecule has 0 saturated carbocycles. The van der Waals surface area contributed by atoms with Crippen molar-refractivity contribution in [2.75, 3.05) is 40.0 Å². The standard InChI is InChI=1S/C19H25N3O5S/c1-19(2,26-3)18(25)22-8-10-27-13(11-22)14-12-5-4-6-21-17(12)28-15(14)16(24)20-7-9-23/h4-6,13,23H,7-11H2,1-3H3,(H,20,24)/t13-/m0/s1. The maximum absolute atomic E-state index is 12.8. The van der Waals surface area contributed by atoms with E-state index in [4.69, 9.17) is 14.6 Å². The van der Waals surface area contributed by atoms with Crippen LogP contribution in [0.5, 0.6) is 0 Å². The van der Waals surface area contributed by atoms with Crippen LogP contribution in [0.3, 0.4) is 0 Å². The van der Waals surface area contributed by atoms with Crippen LogP contribution in [0.1, 0.15) is 35.2 Å². The van der Waals surface area contributed by atoms with Crippen LogP contribution in [0.4, 0.5) is 0 Å². The maximum Gasteiger partial charge on any atom is 0.261 e. The first-order valence-corrected chi connectivity index (χ1v) is 9.93. The van der Waals surface area contributed by atoms with E-state index in [1.165, 1.54) is 18.4 Å². The van der Waals surface area contributed by atoms with Gasteiger partial charge in [-0.25, -0.2) is 4.98 Å². The van der Waals surface area contributed by atoms with E-state index < -0.39 is 11.7 Å². The molecule has 28 heavy (non-hydrogen) atoms. The van der Waals surface area contributed by atoms with Gasteiger partial charge in [-0.3, -0.25) is 9.59 Å². The number of rotatable bonds is 6. The first-order valence-electron chi connectivity index (χ1n) is 9.11. The number of aromatic nitrogens is 1. The molecule has 0 radical (unpaired) electrons. The Morgan fingerprint density at radius 2 is 2.29 bits per heavy atom. The number of amides is 2. The zero-order valence-corrected chi connectivity index (χ0v) is 17.0. The van der Waals surface area contributed by atoms with Crippen molar-refractivity contribution < 1.29 is 24.2 Å². The molecule has 1 fully saturated rings. The highest BCUT2D eigenvalue weighted by Gasteiger charge is 2.37. The van der Waals surface area contributed by atoms with Gasteiger partial charge >= 0.3 is 0 Å². The second-order valence-corrected chi connectivity index (χ2v) is 8.00.